The molecule has 1 heterocycles. The van der Waals surface area contributed by atoms with Crippen LogP contribution in [-0.4, -0.2) is 54.5 Å². The van der Waals surface area contributed by atoms with Crippen LogP contribution in [0.15, 0.2) is 0 Å². The number of ketones is 2. The third kappa shape index (κ3) is 4.96. The highest BCUT2D eigenvalue weighted by Gasteiger charge is 2.65. The van der Waals surface area contributed by atoms with E-state index in [4.69, 9.17) is 3.63 Å². The van der Waals surface area contributed by atoms with Crippen LogP contribution in [0, 0.1) is 16.7 Å². The van der Waals surface area contributed by atoms with Gasteiger partial charge in [-0.3, -0.25) is 9.59 Å². The smallest absolute Gasteiger partial charge is 0.277 e. The number of unbranched alkanes of at least 4 members (excludes halogenated alkanes) is 3. The number of carbonyl (C=O) groups is 2. The zero-order chi connectivity index (χ0) is 22.0. The number of rotatable bonds is 11. The minimum Gasteiger partial charge on any atom is -0.299 e. The van der Waals surface area contributed by atoms with E-state index in [1.807, 2.05) is 13.8 Å². The Bertz CT molecular complexity index is 755. The first-order chi connectivity index (χ1) is 14.1. The van der Waals surface area contributed by atoms with Gasteiger partial charge in [0.1, 0.15) is 11.6 Å². The van der Waals surface area contributed by atoms with Gasteiger partial charge in [0, 0.05) is 35.9 Å². The maximum atomic E-state index is 13.3. The Balaban J connectivity index is 1.71. The molecule has 0 N–H and O–H groups in total. The molecule has 0 radical (unpaired) electrons. The van der Waals surface area contributed by atoms with Crippen LogP contribution in [0.25, 0.3) is 0 Å². The van der Waals surface area contributed by atoms with E-state index in [1.54, 1.807) is 11.8 Å². The van der Waals surface area contributed by atoms with Crippen molar-refractivity contribution in [1.29, 1.82) is 0 Å². The van der Waals surface area contributed by atoms with Gasteiger partial charge in [0.15, 0.2) is 0 Å². The van der Waals surface area contributed by atoms with Crippen molar-refractivity contribution in [2.45, 2.75) is 72.1 Å². The van der Waals surface area contributed by atoms with Gasteiger partial charge in [-0.05, 0) is 30.6 Å². The molecule has 30 heavy (non-hydrogen) atoms. The number of fused-ring (bicyclic) bond motifs is 2. The van der Waals surface area contributed by atoms with Crippen molar-refractivity contribution in [3.8, 4) is 0 Å². The van der Waals surface area contributed by atoms with E-state index in [2.05, 4.69) is 6.92 Å². The molecule has 2 unspecified atom stereocenters. The van der Waals surface area contributed by atoms with Crippen molar-refractivity contribution >= 4 is 43.8 Å². The predicted octanol–water partition coefficient (Wildman–Crippen LogP) is 4.73. The van der Waals surface area contributed by atoms with Crippen LogP contribution in [0.4, 0.5) is 0 Å². The Morgan fingerprint density at radius 3 is 2.47 bits per heavy atom. The van der Waals surface area contributed by atoms with E-state index in [-0.39, 0.29) is 34.4 Å². The van der Waals surface area contributed by atoms with Crippen molar-refractivity contribution in [1.82, 2.24) is 0 Å². The van der Waals surface area contributed by atoms with Gasteiger partial charge in [-0.2, -0.15) is 20.2 Å². The van der Waals surface area contributed by atoms with Gasteiger partial charge in [-0.15, -0.1) is 10.3 Å². The Morgan fingerprint density at radius 2 is 1.90 bits per heavy atom. The second-order valence-corrected chi connectivity index (χ2v) is 16.1. The molecule has 2 aliphatic carbocycles. The van der Waals surface area contributed by atoms with Gasteiger partial charge in [-0.25, -0.2) is 3.63 Å². The highest BCUT2D eigenvalue weighted by molar-refractivity contribution is 8.34. The minimum absolute atomic E-state index is 0.0891. The molecule has 3 fully saturated rings. The summed E-state index contributed by atoms with van der Waals surface area (Å²) >= 11 is 1.80. The molecule has 3 rings (SSSR count). The summed E-state index contributed by atoms with van der Waals surface area (Å²) in [5.74, 6) is 3.54. The summed E-state index contributed by atoms with van der Waals surface area (Å²) in [7, 11) is -5.88. The van der Waals surface area contributed by atoms with Crippen molar-refractivity contribution in [2.75, 3.05) is 34.5 Å². The van der Waals surface area contributed by atoms with Crippen LogP contribution in [0.1, 0.15) is 72.1 Å². The number of hydrogen-bond acceptors (Lipinski definition) is 6. The second kappa shape index (κ2) is 9.44. The summed E-state index contributed by atoms with van der Waals surface area (Å²) in [6.07, 6.45) is 6.73. The number of thioether (sulfide) groups is 1. The van der Waals surface area contributed by atoms with E-state index in [0.717, 1.165) is 43.6 Å². The lowest BCUT2D eigenvalue weighted by atomic mass is 9.70. The average molecular weight is 479 g/mol. The molecule has 0 aromatic carbocycles. The molecule has 0 aromatic heterocycles. The third-order valence-electron chi connectivity index (χ3n) is 7.74. The fourth-order valence-electron chi connectivity index (χ4n) is 5.63. The molecular formula is C22H38O5S3. The number of hydrogen-bond donors (Lipinski definition) is 0. The average Bonchev–Trinajstić information content (AvgIpc) is 2.99. The zero-order valence-corrected chi connectivity index (χ0v) is 21.2. The van der Waals surface area contributed by atoms with Gasteiger partial charge in [0.25, 0.3) is 10.1 Å². The summed E-state index contributed by atoms with van der Waals surface area (Å²) in [4.78, 5) is 25.5. The fraction of sp³-hybridized carbons (Fsp3) is 0.909. The fourth-order valence-corrected chi connectivity index (χ4v) is 14.4. The van der Waals surface area contributed by atoms with Gasteiger partial charge in [0.2, 0.25) is 0 Å². The quantitative estimate of drug-likeness (QED) is 0.399. The summed E-state index contributed by atoms with van der Waals surface area (Å²) in [5, 5.41) is 0. The van der Waals surface area contributed by atoms with Crippen LogP contribution >= 0.6 is 22.1 Å². The van der Waals surface area contributed by atoms with Crippen LogP contribution in [0.5, 0.6) is 0 Å². The molecule has 2 bridgehead atoms. The molecule has 3 aliphatic rings. The first kappa shape index (κ1) is 24.6. The molecule has 0 amide bonds. The third-order valence-corrected chi connectivity index (χ3v) is 14.8. The molecule has 2 saturated carbocycles. The molecule has 0 spiro atoms. The Kier molecular flexibility index (Phi) is 7.74. The van der Waals surface area contributed by atoms with Crippen molar-refractivity contribution in [2.24, 2.45) is 16.7 Å². The first-order valence-electron chi connectivity index (χ1n) is 11.4. The van der Waals surface area contributed by atoms with Crippen LogP contribution in [-0.2, 0) is 23.3 Å². The largest absolute Gasteiger partial charge is 0.299 e. The Morgan fingerprint density at radius 1 is 1.20 bits per heavy atom. The topological polar surface area (TPSA) is 77.5 Å². The zero-order valence-electron chi connectivity index (χ0n) is 18.7. The van der Waals surface area contributed by atoms with Crippen LogP contribution in [0.3, 0.4) is 0 Å². The monoisotopic (exact) mass is 478 g/mol. The van der Waals surface area contributed by atoms with Crippen LogP contribution < -0.4 is 0 Å². The van der Waals surface area contributed by atoms with Crippen molar-refractivity contribution < 1.29 is 21.6 Å². The Labute approximate surface area is 188 Å². The molecule has 8 heteroatoms. The minimum atomic E-state index is -3.89. The Hall–Kier alpha value is -0.0500. The first-order valence-corrected chi connectivity index (χ1v) is 16.2. The van der Waals surface area contributed by atoms with Gasteiger partial charge in [-0.1, -0.05) is 40.0 Å². The lowest BCUT2D eigenvalue weighted by molar-refractivity contribution is -0.128. The lowest BCUT2D eigenvalue weighted by Crippen LogP contribution is -2.43. The van der Waals surface area contributed by atoms with E-state index in [0.29, 0.717) is 30.8 Å². The predicted molar refractivity (Wildman–Crippen MR) is 127 cm³/mol. The summed E-state index contributed by atoms with van der Waals surface area (Å²) in [5.41, 5.74) is -1.12. The van der Waals surface area contributed by atoms with E-state index < -0.39 is 25.8 Å². The van der Waals surface area contributed by atoms with E-state index in [9.17, 15) is 18.0 Å². The van der Waals surface area contributed by atoms with Gasteiger partial charge in [0.05, 0.1) is 16.9 Å². The second-order valence-electron chi connectivity index (χ2n) is 9.92. The van der Waals surface area contributed by atoms with E-state index in [1.165, 1.54) is 0 Å². The van der Waals surface area contributed by atoms with Gasteiger partial charge < -0.3 is 0 Å². The molecule has 1 saturated heterocycles. The highest BCUT2D eigenvalue weighted by atomic mass is 32.3. The molecule has 1 aliphatic heterocycles. The molecule has 5 nitrogen and oxygen atoms in total. The maximum Gasteiger partial charge on any atom is 0.277 e. The molecular weight excluding hydrogens is 440 g/mol. The van der Waals surface area contributed by atoms with Crippen molar-refractivity contribution in [3.05, 3.63) is 0 Å². The highest BCUT2D eigenvalue weighted by Crippen LogP contribution is 2.65. The standard InChI is InChI=1S/C22H38O5S3/c1-4-5-6-7-8-19(23)16-29(13-11-28-12-14-29)27-30(25,26)17-22-10-9-18(15-20(22)24)21(22,2)3/h18H,4-17H2,1-3H3. The lowest BCUT2D eigenvalue weighted by Gasteiger charge is -2.42. The van der Waals surface area contributed by atoms with Crippen molar-refractivity contribution in [3.63, 3.8) is 0 Å². The molecule has 174 valence electrons. The molecule has 0 aromatic rings. The maximum absolute atomic E-state index is 13.3. The van der Waals surface area contributed by atoms with E-state index >= 15 is 0 Å². The van der Waals surface area contributed by atoms with Gasteiger partial charge >= 0.3 is 0 Å². The summed E-state index contributed by atoms with van der Waals surface area (Å²) in [6, 6.07) is 0. The summed E-state index contributed by atoms with van der Waals surface area (Å²) in [6.45, 7) is 6.23. The van der Waals surface area contributed by atoms with Crippen LogP contribution in [0.2, 0.25) is 0 Å². The normalized spacial score (nSPS) is 31.0. The molecule has 2 atom stereocenters. The summed E-state index contributed by atoms with van der Waals surface area (Å²) < 4.78 is 32.6. The number of Topliss-reactive ketones (excluding diaryl/α,β-unsaturated/α-hetero) is 2. The number of carbonyl (C=O) groups excluding carboxylic acids is 2. The SMILES string of the molecule is CCCCCCC(=O)CS1(OS(=O)(=O)CC23CCC(CC2=O)C3(C)C)CCSCC1.